The second kappa shape index (κ2) is 9.97. The summed E-state index contributed by atoms with van der Waals surface area (Å²) in [6.45, 7) is 1.39. The van der Waals surface area contributed by atoms with Crippen molar-refractivity contribution in [3.05, 3.63) is 90.1 Å². The van der Waals surface area contributed by atoms with Gasteiger partial charge < -0.3 is 14.4 Å². The number of benzene rings is 1. The normalized spacial score (nSPS) is 19.3. The van der Waals surface area contributed by atoms with Gasteiger partial charge in [-0.15, -0.1) is 5.10 Å². The molecule has 3 heterocycles. The number of allylic oxidation sites excluding steroid dienone is 8. The van der Waals surface area contributed by atoms with Gasteiger partial charge in [-0.05, 0) is 24.6 Å². The first-order valence-electron chi connectivity index (χ1n) is 10.6. The van der Waals surface area contributed by atoms with E-state index in [1.807, 2.05) is 30.5 Å². The largest absolute Gasteiger partial charge is 2.00 e. The molecular formula is C24H23FFeN4O3+2. The van der Waals surface area contributed by atoms with Crippen LogP contribution in [0, 0.1) is 5.82 Å². The van der Waals surface area contributed by atoms with E-state index in [2.05, 4.69) is 34.6 Å². The summed E-state index contributed by atoms with van der Waals surface area (Å²) < 4.78 is 26.7. The molecule has 1 spiro atoms. The standard InChI is InChI=1S/C19H17FN4O3.C5H6.Fe/c20-14-5-6-17-15(11-14)19(26-9-10-27-19)18(25)24(17)8-7-23-12-16(21-22-23)13-3-1-2-4-13;1-2-4-5-3-1;/h1-6,11-13H,7-10H2;1-4H,5H2;/q;;+2. The summed E-state index contributed by atoms with van der Waals surface area (Å²) in [5.74, 6) is -2.15. The van der Waals surface area contributed by atoms with Crippen LogP contribution in [0.15, 0.2) is 73.0 Å². The van der Waals surface area contributed by atoms with E-state index < -0.39 is 11.6 Å². The van der Waals surface area contributed by atoms with Crippen molar-refractivity contribution in [2.45, 2.75) is 24.7 Å². The molecule has 0 atom stereocenters. The molecular weight excluding hydrogens is 467 g/mol. The van der Waals surface area contributed by atoms with Crippen molar-refractivity contribution < 1.29 is 35.7 Å². The van der Waals surface area contributed by atoms with Crippen LogP contribution in [0.5, 0.6) is 0 Å². The van der Waals surface area contributed by atoms with Gasteiger partial charge in [-0.25, -0.2) is 4.39 Å². The van der Waals surface area contributed by atoms with E-state index in [0.717, 1.165) is 12.1 Å². The monoisotopic (exact) mass is 490 g/mol. The van der Waals surface area contributed by atoms with Crippen LogP contribution in [0.4, 0.5) is 10.1 Å². The Labute approximate surface area is 201 Å². The number of aromatic nitrogens is 3. The summed E-state index contributed by atoms with van der Waals surface area (Å²) in [7, 11) is 0. The Bertz CT molecular complexity index is 1110. The van der Waals surface area contributed by atoms with Crippen LogP contribution < -0.4 is 4.90 Å². The van der Waals surface area contributed by atoms with Crippen LogP contribution in [0.1, 0.15) is 23.6 Å². The maximum Gasteiger partial charge on any atom is 2.00 e. The molecule has 0 saturated carbocycles. The second-order valence-corrected chi connectivity index (χ2v) is 7.73. The molecule has 0 bridgehead atoms. The number of ether oxygens (including phenoxy) is 2. The van der Waals surface area contributed by atoms with Gasteiger partial charge in [-0.2, -0.15) is 0 Å². The topological polar surface area (TPSA) is 69.5 Å². The third kappa shape index (κ3) is 4.50. The van der Waals surface area contributed by atoms with E-state index in [0.29, 0.717) is 37.6 Å². The molecule has 7 nitrogen and oxygen atoms in total. The molecule has 0 unspecified atom stereocenters. The van der Waals surface area contributed by atoms with Crippen molar-refractivity contribution >= 4 is 11.6 Å². The number of amides is 1. The molecule has 9 heteroatoms. The van der Waals surface area contributed by atoms with Crippen LogP contribution in [-0.2, 0) is 43.7 Å². The zero-order chi connectivity index (χ0) is 22.0. The third-order valence-corrected chi connectivity index (χ3v) is 5.68. The first-order chi connectivity index (χ1) is 15.7. The van der Waals surface area contributed by atoms with Gasteiger partial charge in [-0.3, -0.25) is 9.48 Å². The van der Waals surface area contributed by atoms with E-state index in [9.17, 15) is 9.18 Å². The maximum absolute atomic E-state index is 13.8. The molecule has 4 aliphatic rings. The number of halogens is 1. The molecule has 33 heavy (non-hydrogen) atoms. The molecule has 1 aromatic heterocycles. The SMILES string of the molecule is C1=CCC=C1.O=C1N(CCn2cc(C3C=CC=C3)nn2)c2ccc(F)cc2C12OCCO2.[Fe+2]. The summed E-state index contributed by atoms with van der Waals surface area (Å²) in [5.41, 5.74) is 1.88. The predicted octanol–water partition coefficient (Wildman–Crippen LogP) is 3.37. The number of anilines is 1. The Balaban J connectivity index is 0.000000385. The Kier molecular flexibility index (Phi) is 7.05. The fourth-order valence-corrected chi connectivity index (χ4v) is 4.12. The van der Waals surface area contributed by atoms with Crippen LogP contribution >= 0.6 is 0 Å². The summed E-state index contributed by atoms with van der Waals surface area (Å²) in [6, 6.07) is 4.23. The molecule has 2 aliphatic heterocycles. The molecule has 6 rings (SSSR count). The molecule has 0 N–H and O–H groups in total. The van der Waals surface area contributed by atoms with Gasteiger partial charge in [0.1, 0.15) is 5.82 Å². The zero-order valence-corrected chi connectivity index (χ0v) is 18.9. The van der Waals surface area contributed by atoms with E-state index in [1.165, 1.54) is 12.1 Å². The van der Waals surface area contributed by atoms with Gasteiger partial charge in [-0.1, -0.05) is 53.8 Å². The van der Waals surface area contributed by atoms with Crippen LogP contribution in [0.2, 0.25) is 0 Å². The summed E-state index contributed by atoms with van der Waals surface area (Å²) in [4.78, 5) is 14.6. The van der Waals surface area contributed by atoms with Gasteiger partial charge in [0.2, 0.25) is 0 Å². The maximum atomic E-state index is 13.8. The third-order valence-electron chi connectivity index (χ3n) is 5.68. The smallest absolute Gasteiger partial charge is 0.336 e. The number of rotatable bonds is 4. The molecule has 2 aliphatic carbocycles. The molecule has 1 fully saturated rings. The number of fused-ring (bicyclic) bond motifs is 2. The second-order valence-electron chi connectivity index (χ2n) is 7.73. The Morgan fingerprint density at radius 2 is 1.79 bits per heavy atom. The first kappa shape index (κ1) is 23.3. The van der Waals surface area contributed by atoms with Gasteiger partial charge >= 0.3 is 17.1 Å². The van der Waals surface area contributed by atoms with E-state index >= 15 is 0 Å². The predicted molar refractivity (Wildman–Crippen MR) is 116 cm³/mol. The van der Waals surface area contributed by atoms with Crippen molar-refractivity contribution in [1.82, 2.24) is 15.0 Å². The summed E-state index contributed by atoms with van der Waals surface area (Å²) in [6.07, 6.45) is 19.4. The Morgan fingerprint density at radius 1 is 1.06 bits per heavy atom. The van der Waals surface area contributed by atoms with Gasteiger partial charge in [0.25, 0.3) is 11.7 Å². The van der Waals surface area contributed by atoms with E-state index in [1.54, 1.807) is 15.6 Å². The van der Waals surface area contributed by atoms with Crippen molar-refractivity contribution in [2.24, 2.45) is 0 Å². The van der Waals surface area contributed by atoms with Crippen LogP contribution in [-0.4, -0.2) is 40.7 Å². The summed E-state index contributed by atoms with van der Waals surface area (Å²) >= 11 is 0. The molecule has 1 aromatic carbocycles. The summed E-state index contributed by atoms with van der Waals surface area (Å²) in [5, 5.41) is 8.34. The minimum atomic E-state index is -1.52. The average Bonchev–Trinajstić information content (AvgIpc) is 3.62. The molecule has 0 radical (unpaired) electrons. The molecule has 1 saturated heterocycles. The van der Waals surface area contributed by atoms with E-state index in [-0.39, 0.29) is 28.9 Å². The fraction of sp³-hybridized carbons (Fsp3) is 0.292. The number of hydrogen-bond acceptors (Lipinski definition) is 5. The van der Waals surface area contributed by atoms with Crippen LogP contribution in [0.25, 0.3) is 0 Å². The van der Waals surface area contributed by atoms with E-state index in [4.69, 9.17) is 9.47 Å². The zero-order valence-electron chi connectivity index (χ0n) is 17.8. The number of nitrogens with zero attached hydrogens (tertiary/aromatic N) is 4. The number of carbonyl (C=O) groups is 1. The Hall–Kier alpha value is -2.84. The number of hydrogen-bond donors (Lipinski definition) is 0. The Morgan fingerprint density at radius 3 is 2.45 bits per heavy atom. The minimum absolute atomic E-state index is 0. The first-order valence-corrected chi connectivity index (χ1v) is 10.6. The van der Waals surface area contributed by atoms with Gasteiger partial charge in [0, 0.05) is 24.2 Å². The quantitative estimate of drug-likeness (QED) is 0.615. The molecule has 170 valence electrons. The van der Waals surface area contributed by atoms with Gasteiger partial charge in [0.05, 0.1) is 31.1 Å². The fourth-order valence-electron chi connectivity index (χ4n) is 4.12. The molecule has 1 amide bonds. The minimum Gasteiger partial charge on any atom is -0.336 e. The van der Waals surface area contributed by atoms with Crippen LogP contribution in [0.3, 0.4) is 0 Å². The van der Waals surface area contributed by atoms with Crippen molar-refractivity contribution in [3.63, 3.8) is 0 Å². The van der Waals surface area contributed by atoms with Gasteiger partial charge in [0.15, 0.2) is 0 Å². The average molecular weight is 490 g/mol. The number of carbonyl (C=O) groups excluding carboxylic acids is 1. The van der Waals surface area contributed by atoms with Crippen molar-refractivity contribution in [2.75, 3.05) is 24.7 Å². The molecule has 2 aromatic rings. The van der Waals surface area contributed by atoms with Crippen molar-refractivity contribution in [1.29, 1.82) is 0 Å². The van der Waals surface area contributed by atoms with Crippen molar-refractivity contribution in [3.8, 4) is 0 Å².